The summed E-state index contributed by atoms with van der Waals surface area (Å²) >= 11 is 1.21. The maximum Gasteiger partial charge on any atom is 0.306 e. The normalized spacial score (nSPS) is 12.2. The van der Waals surface area contributed by atoms with Crippen LogP contribution in [0.4, 0.5) is 4.39 Å². The number of aliphatic hydroxyl groups is 1. The van der Waals surface area contributed by atoms with Gasteiger partial charge >= 0.3 is 5.97 Å². The molecule has 0 radical (unpaired) electrons. The summed E-state index contributed by atoms with van der Waals surface area (Å²) in [4.78, 5) is 11.3. The first kappa shape index (κ1) is 14.0. The number of hydrogen-bond acceptors (Lipinski definition) is 4. The van der Waals surface area contributed by atoms with Crippen LogP contribution in [-0.2, 0) is 9.53 Å². The number of thioether (sulfide) groups is 1. The summed E-state index contributed by atoms with van der Waals surface area (Å²) in [7, 11) is 1.32. The van der Waals surface area contributed by atoms with Gasteiger partial charge in [0.05, 0.1) is 19.6 Å². The molecule has 17 heavy (non-hydrogen) atoms. The van der Waals surface area contributed by atoms with Gasteiger partial charge < -0.3 is 9.84 Å². The molecule has 94 valence electrons. The average molecular weight is 258 g/mol. The van der Waals surface area contributed by atoms with E-state index in [9.17, 15) is 14.3 Å². The fourth-order valence-electron chi connectivity index (χ4n) is 1.35. The predicted octanol–water partition coefficient (Wildman–Crippen LogP) is 2.53. The second-order valence-electron chi connectivity index (χ2n) is 3.51. The van der Waals surface area contributed by atoms with E-state index in [1.165, 1.54) is 24.9 Å². The van der Waals surface area contributed by atoms with Crippen LogP contribution in [0.15, 0.2) is 23.1 Å². The van der Waals surface area contributed by atoms with E-state index in [0.29, 0.717) is 16.2 Å². The second kappa shape index (κ2) is 6.61. The summed E-state index contributed by atoms with van der Waals surface area (Å²) in [5.41, 5.74) is 0.542. The molecular formula is C12H15FO3S. The molecule has 1 rings (SSSR count). The molecule has 0 saturated heterocycles. The Balaban J connectivity index is 2.72. The summed E-state index contributed by atoms with van der Waals surface area (Å²) < 4.78 is 18.1. The van der Waals surface area contributed by atoms with Gasteiger partial charge in [-0.1, -0.05) is 12.1 Å². The molecule has 3 nitrogen and oxygen atoms in total. The number of carbonyl (C=O) groups is 1. The molecule has 0 aliphatic heterocycles. The van der Waals surface area contributed by atoms with E-state index < -0.39 is 6.10 Å². The van der Waals surface area contributed by atoms with Crippen LogP contribution in [0.5, 0.6) is 0 Å². The van der Waals surface area contributed by atoms with E-state index in [2.05, 4.69) is 4.74 Å². The SMILES string of the molecule is COC(=O)CCSc1c(F)cccc1[C@@H](C)O. The van der Waals surface area contributed by atoms with Gasteiger partial charge in [-0.15, -0.1) is 11.8 Å². The van der Waals surface area contributed by atoms with Gasteiger partial charge in [0, 0.05) is 10.6 Å². The van der Waals surface area contributed by atoms with Gasteiger partial charge in [0.15, 0.2) is 0 Å². The van der Waals surface area contributed by atoms with Gasteiger partial charge in [-0.25, -0.2) is 4.39 Å². The molecule has 0 unspecified atom stereocenters. The molecular weight excluding hydrogens is 243 g/mol. The molecule has 1 atom stereocenters. The summed E-state index contributed by atoms with van der Waals surface area (Å²) in [5.74, 6) is -0.279. The highest BCUT2D eigenvalue weighted by Gasteiger charge is 2.13. The number of rotatable bonds is 5. The van der Waals surface area contributed by atoms with Crippen molar-refractivity contribution in [1.82, 2.24) is 0 Å². The van der Waals surface area contributed by atoms with E-state index in [4.69, 9.17) is 0 Å². The van der Waals surface area contributed by atoms with Crippen LogP contribution in [0.1, 0.15) is 25.0 Å². The Morgan fingerprint density at radius 2 is 2.29 bits per heavy atom. The van der Waals surface area contributed by atoms with Gasteiger partial charge in [0.2, 0.25) is 0 Å². The summed E-state index contributed by atoms with van der Waals surface area (Å²) in [5, 5.41) is 9.51. The highest BCUT2D eigenvalue weighted by atomic mass is 32.2. The minimum Gasteiger partial charge on any atom is -0.469 e. The molecule has 0 heterocycles. The lowest BCUT2D eigenvalue weighted by molar-refractivity contribution is -0.140. The molecule has 0 saturated carbocycles. The average Bonchev–Trinajstić information content (AvgIpc) is 2.30. The van der Waals surface area contributed by atoms with E-state index in [-0.39, 0.29) is 18.2 Å². The Morgan fingerprint density at radius 3 is 2.88 bits per heavy atom. The molecule has 1 N–H and O–H groups in total. The lowest BCUT2D eigenvalue weighted by atomic mass is 10.1. The molecule has 1 aromatic carbocycles. The first-order valence-corrected chi connectivity index (χ1v) is 6.21. The lowest BCUT2D eigenvalue weighted by Gasteiger charge is -2.12. The van der Waals surface area contributed by atoms with Crippen molar-refractivity contribution in [3.63, 3.8) is 0 Å². The Kier molecular flexibility index (Phi) is 5.44. The smallest absolute Gasteiger partial charge is 0.306 e. The fraction of sp³-hybridized carbons (Fsp3) is 0.417. The molecule has 1 aromatic rings. The number of carbonyl (C=O) groups excluding carboxylic acids is 1. The zero-order valence-corrected chi connectivity index (χ0v) is 10.6. The van der Waals surface area contributed by atoms with Crippen molar-refractivity contribution in [3.8, 4) is 0 Å². The molecule has 0 spiro atoms. The van der Waals surface area contributed by atoms with Crippen LogP contribution in [0.3, 0.4) is 0 Å². The van der Waals surface area contributed by atoms with Gasteiger partial charge in [-0.3, -0.25) is 4.79 Å². The summed E-state index contributed by atoms with van der Waals surface area (Å²) in [6.07, 6.45) is -0.513. The number of hydrogen-bond donors (Lipinski definition) is 1. The van der Waals surface area contributed by atoms with Crippen LogP contribution in [0.2, 0.25) is 0 Å². The van der Waals surface area contributed by atoms with E-state index in [1.807, 2.05) is 0 Å². The lowest BCUT2D eigenvalue weighted by Crippen LogP contribution is -2.02. The third kappa shape index (κ3) is 4.02. The van der Waals surface area contributed by atoms with E-state index in [1.54, 1.807) is 19.1 Å². The first-order valence-electron chi connectivity index (χ1n) is 5.22. The quantitative estimate of drug-likeness (QED) is 0.651. The minimum absolute atomic E-state index is 0.217. The van der Waals surface area contributed by atoms with E-state index in [0.717, 1.165) is 0 Å². The Morgan fingerprint density at radius 1 is 1.59 bits per heavy atom. The fourth-order valence-corrected chi connectivity index (χ4v) is 2.43. The zero-order valence-electron chi connectivity index (χ0n) is 9.77. The van der Waals surface area contributed by atoms with Crippen molar-refractivity contribution in [2.75, 3.05) is 12.9 Å². The number of benzene rings is 1. The monoisotopic (exact) mass is 258 g/mol. The highest BCUT2D eigenvalue weighted by Crippen LogP contribution is 2.30. The van der Waals surface area contributed by atoms with Gasteiger partial charge in [0.1, 0.15) is 5.82 Å². The Labute approximate surface area is 104 Å². The number of ether oxygens (including phenoxy) is 1. The highest BCUT2D eigenvalue weighted by molar-refractivity contribution is 7.99. The predicted molar refractivity (Wildman–Crippen MR) is 64.4 cm³/mol. The van der Waals surface area contributed by atoms with Crippen LogP contribution in [-0.4, -0.2) is 23.9 Å². The second-order valence-corrected chi connectivity index (χ2v) is 4.61. The zero-order chi connectivity index (χ0) is 12.8. The number of esters is 1. The third-order valence-electron chi connectivity index (χ3n) is 2.23. The maximum absolute atomic E-state index is 13.6. The van der Waals surface area contributed by atoms with Crippen LogP contribution in [0.25, 0.3) is 0 Å². The van der Waals surface area contributed by atoms with Crippen molar-refractivity contribution in [1.29, 1.82) is 0 Å². The number of methoxy groups -OCH3 is 1. The standard InChI is InChI=1S/C12H15FO3S/c1-8(14)9-4-3-5-10(13)12(9)17-7-6-11(15)16-2/h3-5,8,14H,6-7H2,1-2H3/t8-/m1/s1. The Hall–Kier alpha value is -1.07. The van der Waals surface area contributed by atoms with Crippen LogP contribution >= 0.6 is 11.8 Å². The maximum atomic E-state index is 13.6. The number of halogens is 1. The van der Waals surface area contributed by atoms with Crippen molar-refractivity contribution in [2.24, 2.45) is 0 Å². The van der Waals surface area contributed by atoms with Crippen molar-refractivity contribution in [3.05, 3.63) is 29.6 Å². The topological polar surface area (TPSA) is 46.5 Å². The summed E-state index contributed by atoms with van der Waals surface area (Å²) in [6.45, 7) is 1.58. The third-order valence-corrected chi connectivity index (χ3v) is 3.36. The molecule has 0 aromatic heterocycles. The van der Waals surface area contributed by atoms with Gasteiger partial charge in [-0.2, -0.15) is 0 Å². The van der Waals surface area contributed by atoms with Gasteiger partial charge in [-0.05, 0) is 18.6 Å². The molecule has 0 aliphatic rings. The molecule has 0 aliphatic carbocycles. The van der Waals surface area contributed by atoms with Crippen LogP contribution in [0, 0.1) is 5.82 Å². The minimum atomic E-state index is -0.730. The molecule has 5 heteroatoms. The van der Waals surface area contributed by atoms with Crippen molar-refractivity contribution >= 4 is 17.7 Å². The Bertz CT molecular complexity index is 393. The number of aliphatic hydroxyl groups excluding tert-OH is 1. The van der Waals surface area contributed by atoms with Crippen molar-refractivity contribution in [2.45, 2.75) is 24.3 Å². The molecule has 0 fully saturated rings. The largest absolute Gasteiger partial charge is 0.469 e. The van der Waals surface area contributed by atoms with E-state index >= 15 is 0 Å². The first-order chi connectivity index (χ1) is 8.06. The van der Waals surface area contributed by atoms with Crippen molar-refractivity contribution < 1.29 is 19.0 Å². The van der Waals surface area contributed by atoms with Crippen LogP contribution < -0.4 is 0 Å². The summed E-state index contributed by atoms with van der Waals surface area (Å²) in [6, 6.07) is 4.57. The molecule has 0 amide bonds. The van der Waals surface area contributed by atoms with Gasteiger partial charge in [0.25, 0.3) is 0 Å². The molecule has 0 bridgehead atoms.